The van der Waals surface area contributed by atoms with Crippen LogP contribution in [0.3, 0.4) is 0 Å². The van der Waals surface area contributed by atoms with Crippen LogP contribution in [-0.4, -0.2) is 22.3 Å². The van der Waals surface area contributed by atoms with E-state index in [1.165, 1.54) is 30.3 Å². The molecule has 1 fully saturated rings. The molecule has 1 unspecified atom stereocenters. The van der Waals surface area contributed by atoms with E-state index < -0.39 is 23.4 Å². The maximum Gasteiger partial charge on any atom is 0.346 e. The summed E-state index contributed by atoms with van der Waals surface area (Å²) in [5.41, 5.74) is 0.515. The summed E-state index contributed by atoms with van der Waals surface area (Å²) in [6, 6.07) is 12.1. The number of benzene rings is 3. The van der Waals surface area contributed by atoms with E-state index in [2.05, 4.69) is 0 Å². The second-order valence-electron chi connectivity index (χ2n) is 9.38. The van der Waals surface area contributed by atoms with E-state index in [1.807, 2.05) is 6.92 Å². The van der Waals surface area contributed by atoms with E-state index in [0.717, 1.165) is 37.8 Å². The van der Waals surface area contributed by atoms with Crippen molar-refractivity contribution in [3.8, 4) is 22.6 Å². The second-order valence-corrected chi connectivity index (χ2v) is 9.38. The molecule has 1 saturated carbocycles. The minimum absolute atomic E-state index is 0.0827. The summed E-state index contributed by atoms with van der Waals surface area (Å²) in [7, 11) is 0. The van der Waals surface area contributed by atoms with Gasteiger partial charge in [-0.25, -0.2) is 18.0 Å². The minimum atomic E-state index is -0.946. The SMILES string of the molecule is CCCC(O)C1CCC(c2ccc(-c3ccc(OC(=O)c4ccc(O)cc4F)cc3)c(F)c2F)CC1. The highest BCUT2D eigenvalue weighted by atomic mass is 19.2. The fourth-order valence-corrected chi connectivity index (χ4v) is 4.98. The standard InChI is InChI=1S/C29H29F3O4/c1-2-3-26(34)19-6-4-17(5-7-19)22-14-15-23(28(32)27(22)31)18-8-11-21(12-9-18)36-29(35)24-13-10-20(33)16-25(24)30/h8-17,19,26,33-34H,2-7H2,1H3. The molecular formula is C29H29F3O4. The Labute approximate surface area is 208 Å². The summed E-state index contributed by atoms with van der Waals surface area (Å²) in [6.07, 6.45) is 4.36. The number of esters is 1. The van der Waals surface area contributed by atoms with Crippen LogP contribution in [0, 0.1) is 23.4 Å². The third kappa shape index (κ3) is 5.57. The molecule has 0 saturated heterocycles. The van der Waals surface area contributed by atoms with E-state index in [4.69, 9.17) is 4.74 Å². The lowest BCUT2D eigenvalue weighted by molar-refractivity contribution is 0.0724. The molecule has 0 radical (unpaired) electrons. The topological polar surface area (TPSA) is 66.8 Å². The maximum atomic E-state index is 15.1. The van der Waals surface area contributed by atoms with Gasteiger partial charge in [-0.2, -0.15) is 0 Å². The molecular weight excluding hydrogens is 469 g/mol. The fourth-order valence-electron chi connectivity index (χ4n) is 4.98. The van der Waals surface area contributed by atoms with Crippen LogP contribution in [0.5, 0.6) is 11.5 Å². The Morgan fingerprint density at radius 3 is 2.31 bits per heavy atom. The highest BCUT2D eigenvalue weighted by molar-refractivity contribution is 5.91. The number of ether oxygens (including phenoxy) is 1. The molecule has 0 bridgehead atoms. The first kappa shape index (κ1) is 25.8. The Kier molecular flexibility index (Phi) is 7.99. The van der Waals surface area contributed by atoms with Crippen molar-refractivity contribution in [1.29, 1.82) is 0 Å². The van der Waals surface area contributed by atoms with E-state index in [-0.39, 0.29) is 40.6 Å². The number of halogens is 3. The Bertz CT molecular complexity index is 1220. The average Bonchev–Trinajstić information content (AvgIpc) is 2.86. The van der Waals surface area contributed by atoms with Crippen molar-refractivity contribution >= 4 is 5.97 Å². The summed E-state index contributed by atoms with van der Waals surface area (Å²) < 4.78 is 49.2. The zero-order valence-electron chi connectivity index (χ0n) is 20.0. The predicted molar refractivity (Wildman–Crippen MR) is 130 cm³/mol. The van der Waals surface area contributed by atoms with Crippen molar-refractivity contribution in [2.24, 2.45) is 5.92 Å². The van der Waals surface area contributed by atoms with Crippen LogP contribution in [0.15, 0.2) is 54.6 Å². The van der Waals surface area contributed by atoms with Crippen molar-refractivity contribution < 1.29 is 32.9 Å². The average molecular weight is 499 g/mol. The molecule has 190 valence electrons. The van der Waals surface area contributed by atoms with Crippen molar-refractivity contribution in [1.82, 2.24) is 0 Å². The van der Waals surface area contributed by atoms with Crippen LogP contribution in [-0.2, 0) is 0 Å². The summed E-state index contributed by atoms with van der Waals surface area (Å²) in [5, 5.41) is 19.5. The van der Waals surface area contributed by atoms with Crippen LogP contribution < -0.4 is 4.74 Å². The number of hydrogen-bond donors (Lipinski definition) is 2. The van der Waals surface area contributed by atoms with Gasteiger partial charge in [-0.3, -0.25) is 0 Å². The number of aromatic hydroxyl groups is 1. The molecule has 7 heteroatoms. The highest BCUT2D eigenvalue weighted by Crippen LogP contribution is 2.40. The number of aliphatic hydroxyl groups is 1. The normalized spacial score (nSPS) is 18.6. The number of hydrogen-bond acceptors (Lipinski definition) is 4. The van der Waals surface area contributed by atoms with E-state index in [0.29, 0.717) is 24.0 Å². The smallest absolute Gasteiger partial charge is 0.346 e. The lowest BCUT2D eigenvalue weighted by Gasteiger charge is -2.32. The van der Waals surface area contributed by atoms with Gasteiger partial charge < -0.3 is 14.9 Å². The molecule has 3 aromatic rings. The molecule has 0 spiro atoms. The molecule has 3 aromatic carbocycles. The van der Waals surface area contributed by atoms with Crippen LogP contribution in [0.2, 0.25) is 0 Å². The number of phenolic OH excluding ortho intramolecular Hbond substituents is 1. The van der Waals surface area contributed by atoms with Gasteiger partial charge in [-0.15, -0.1) is 0 Å². The summed E-state index contributed by atoms with van der Waals surface area (Å²) in [5.74, 6) is -3.73. The van der Waals surface area contributed by atoms with Crippen molar-refractivity contribution in [2.45, 2.75) is 57.5 Å². The lowest BCUT2D eigenvalue weighted by Crippen LogP contribution is -2.25. The van der Waals surface area contributed by atoms with E-state index in [1.54, 1.807) is 12.1 Å². The van der Waals surface area contributed by atoms with Gasteiger partial charge in [-0.05, 0) is 79.3 Å². The number of aliphatic hydroxyl groups excluding tert-OH is 1. The Morgan fingerprint density at radius 2 is 1.67 bits per heavy atom. The molecule has 0 heterocycles. The molecule has 4 rings (SSSR count). The van der Waals surface area contributed by atoms with Gasteiger partial charge in [0, 0.05) is 11.6 Å². The molecule has 1 aliphatic rings. The van der Waals surface area contributed by atoms with Crippen molar-refractivity contribution in [3.05, 3.63) is 83.2 Å². The van der Waals surface area contributed by atoms with Crippen LogP contribution in [0.1, 0.15) is 67.3 Å². The minimum Gasteiger partial charge on any atom is -0.508 e. The molecule has 4 nitrogen and oxygen atoms in total. The molecule has 0 amide bonds. The molecule has 1 atom stereocenters. The first-order chi connectivity index (χ1) is 17.3. The van der Waals surface area contributed by atoms with Gasteiger partial charge in [0.2, 0.25) is 0 Å². The van der Waals surface area contributed by atoms with Crippen LogP contribution >= 0.6 is 0 Å². The molecule has 0 aliphatic heterocycles. The number of carbonyl (C=O) groups is 1. The molecule has 1 aliphatic carbocycles. The third-order valence-electron chi connectivity index (χ3n) is 7.00. The van der Waals surface area contributed by atoms with Gasteiger partial charge in [0.15, 0.2) is 11.6 Å². The number of rotatable bonds is 7. The third-order valence-corrected chi connectivity index (χ3v) is 7.00. The van der Waals surface area contributed by atoms with Crippen LogP contribution in [0.4, 0.5) is 13.2 Å². The van der Waals surface area contributed by atoms with Crippen molar-refractivity contribution in [3.63, 3.8) is 0 Å². The maximum absolute atomic E-state index is 15.1. The second kappa shape index (κ2) is 11.2. The first-order valence-corrected chi connectivity index (χ1v) is 12.3. The van der Waals surface area contributed by atoms with Gasteiger partial charge in [-0.1, -0.05) is 37.6 Å². The Morgan fingerprint density at radius 1 is 0.972 bits per heavy atom. The predicted octanol–water partition coefficient (Wildman–Crippen LogP) is 7.13. The molecule has 0 aromatic heterocycles. The molecule has 2 N–H and O–H groups in total. The first-order valence-electron chi connectivity index (χ1n) is 12.3. The molecule has 36 heavy (non-hydrogen) atoms. The zero-order valence-corrected chi connectivity index (χ0v) is 20.0. The van der Waals surface area contributed by atoms with Gasteiger partial charge >= 0.3 is 5.97 Å². The summed E-state index contributed by atoms with van der Waals surface area (Å²) >= 11 is 0. The number of phenols is 1. The zero-order chi connectivity index (χ0) is 25.8. The van der Waals surface area contributed by atoms with Crippen LogP contribution in [0.25, 0.3) is 11.1 Å². The van der Waals surface area contributed by atoms with Crippen molar-refractivity contribution in [2.75, 3.05) is 0 Å². The largest absolute Gasteiger partial charge is 0.508 e. The fraction of sp³-hybridized carbons (Fsp3) is 0.345. The Hall–Kier alpha value is -3.32. The Balaban J connectivity index is 1.45. The van der Waals surface area contributed by atoms with E-state index >= 15 is 8.78 Å². The lowest BCUT2D eigenvalue weighted by atomic mass is 9.75. The van der Waals surface area contributed by atoms with Gasteiger partial charge in [0.1, 0.15) is 17.3 Å². The van der Waals surface area contributed by atoms with Gasteiger partial charge in [0.05, 0.1) is 11.7 Å². The van der Waals surface area contributed by atoms with E-state index in [9.17, 15) is 19.4 Å². The van der Waals surface area contributed by atoms with Gasteiger partial charge in [0.25, 0.3) is 0 Å². The summed E-state index contributed by atoms with van der Waals surface area (Å²) in [4.78, 5) is 12.2. The highest BCUT2D eigenvalue weighted by Gasteiger charge is 2.29. The summed E-state index contributed by atoms with van der Waals surface area (Å²) in [6.45, 7) is 2.04. The quantitative estimate of drug-likeness (QED) is 0.269. The number of carbonyl (C=O) groups excluding carboxylic acids is 1. The monoisotopic (exact) mass is 498 g/mol.